The molecule has 6 nitrogen and oxygen atoms in total. The molecule has 154 valence electrons. The van der Waals surface area contributed by atoms with Crippen LogP contribution >= 0.6 is 0 Å². The van der Waals surface area contributed by atoms with Gasteiger partial charge in [-0.1, -0.05) is 18.2 Å². The van der Waals surface area contributed by atoms with Crippen molar-refractivity contribution in [2.45, 2.75) is 19.4 Å². The second kappa shape index (κ2) is 9.18. The highest BCUT2D eigenvalue weighted by molar-refractivity contribution is 5.94. The molecular weight excluding hydrogens is 366 g/mol. The van der Waals surface area contributed by atoms with E-state index in [0.717, 1.165) is 32.6 Å². The minimum atomic E-state index is -0.0737. The van der Waals surface area contributed by atoms with Crippen molar-refractivity contribution in [3.05, 3.63) is 54.1 Å². The first-order chi connectivity index (χ1) is 14.2. The predicted molar refractivity (Wildman–Crippen MR) is 114 cm³/mol. The van der Waals surface area contributed by atoms with E-state index in [9.17, 15) is 4.79 Å². The van der Waals surface area contributed by atoms with Crippen LogP contribution in [0.1, 0.15) is 23.7 Å². The molecule has 1 fully saturated rings. The van der Waals surface area contributed by atoms with Crippen LogP contribution in [0.2, 0.25) is 0 Å². The lowest BCUT2D eigenvalue weighted by atomic mass is 10.1. The third-order valence-electron chi connectivity index (χ3n) is 5.63. The van der Waals surface area contributed by atoms with Crippen molar-refractivity contribution in [1.82, 2.24) is 10.2 Å². The van der Waals surface area contributed by atoms with E-state index >= 15 is 0 Å². The summed E-state index contributed by atoms with van der Waals surface area (Å²) < 4.78 is 11.3. The van der Waals surface area contributed by atoms with E-state index < -0.39 is 0 Å². The van der Waals surface area contributed by atoms with Crippen molar-refractivity contribution >= 4 is 11.6 Å². The Bertz CT molecular complexity index is 819. The van der Waals surface area contributed by atoms with E-state index in [1.807, 2.05) is 12.1 Å². The number of benzene rings is 2. The smallest absolute Gasteiger partial charge is 0.251 e. The standard InChI is InChI=1S/C23H29N3O3/c1-18(25-10-12-26(13-11-25)20-6-3-2-4-7-20)17-24-23(27)19-8-9-21-22(16-19)29-15-5-14-28-21/h2-4,6-9,16,18H,5,10-15,17H2,1H3,(H,24,27)/t18-/m0/s1. The molecule has 0 radical (unpaired) electrons. The average Bonchev–Trinajstić information content (AvgIpc) is 3.03. The van der Waals surface area contributed by atoms with Gasteiger partial charge in [0.05, 0.1) is 13.2 Å². The van der Waals surface area contributed by atoms with Crippen LogP contribution in [0.25, 0.3) is 0 Å². The molecule has 2 aromatic carbocycles. The van der Waals surface area contributed by atoms with Gasteiger partial charge in [0.25, 0.3) is 5.91 Å². The highest BCUT2D eigenvalue weighted by Gasteiger charge is 2.22. The fourth-order valence-electron chi connectivity index (χ4n) is 3.84. The van der Waals surface area contributed by atoms with Crippen LogP contribution in [0, 0.1) is 0 Å². The van der Waals surface area contributed by atoms with E-state index in [4.69, 9.17) is 9.47 Å². The van der Waals surface area contributed by atoms with Gasteiger partial charge < -0.3 is 19.7 Å². The van der Waals surface area contributed by atoms with Gasteiger partial charge in [-0.05, 0) is 37.3 Å². The fraction of sp³-hybridized carbons (Fsp3) is 0.435. The van der Waals surface area contributed by atoms with Crippen molar-refractivity contribution in [3.8, 4) is 11.5 Å². The Kier molecular flexibility index (Phi) is 6.20. The summed E-state index contributed by atoms with van der Waals surface area (Å²) in [4.78, 5) is 17.5. The fourth-order valence-corrected chi connectivity index (χ4v) is 3.84. The summed E-state index contributed by atoms with van der Waals surface area (Å²) in [5.74, 6) is 1.29. The molecule has 1 atom stereocenters. The zero-order chi connectivity index (χ0) is 20.1. The number of carbonyl (C=O) groups excluding carboxylic acids is 1. The molecule has 4 rings (SSSR count). The van der Waals surface area contributed by atoms with Gasteiger partial charge in [-0.15, -0.1) is 0 Å². The first kappa shape index (κ1) is 19.6. The lowest BCUT2D eigenvalue weighted by Crippen LogP contribution is -2.52. The summed E-state index contributed by atoms with van der Waals surface area (Å²) in [5, 5.41) is 3.07. The summed E-state index contributed by atoms with van der Waals surface area (Å²) >= 11 is 0. The van der Waals surface area contributed by atoms with E-state index in [2.05, 4.69) is 46.3 Å². The van der Waals surface area contributed by atoms with Crippen LogP contribution in [-0.4, -0.2) is 62.8 Å². The summed E-state index contributed by atoms with van der Waals surface area (Å²) in [7, 11) is 0. The number of rotatable bonds is 5. The number of hydrogen-bond donors (Lipinski definition) is 1. The molecule has 0 bridgehead atoms. The Labute approximate surface area is 172 Å². The number of nitrogens with one attached hydrogen (secondary N) is 1. The Morgan fingerprint density at radius 2 is 1.72 bits per heavy atom. The number of nitrogens with zero attached hydrogens (tertiary/aromatic N) is 2. The molecule has 2 aromatic rings. The third kappa shape index (κ3) is 4.82. The minimum absolute atomic E-state index is 0.0737. The molecule has 6 heteroatoms. The van der Waals surface area contributed by atoms with Crippen LogP contribution in [-0.2, 0) is 0 Å². The van der Waals surface area contributed by atoms with E-state index in [-0.39, 0.29) is 11.9 Å². The normalized spacial score (nSPS) is 18.0. The topological polar surface area (TPSA) is 54.0 Å². The second-order valence-corrected chi connectivity index (χ2v) is 7.63. The van der Waals surface area contributed by atoms with Crippen molar-refractivity contribution in [2.75, 3.05) is 50.8 Å². The summed E-state index contributed by atoms with van der Waals surface area (Å²) in [6, 6.07) is 16.2. The van der Waals surface area contributed by atoms with Gasteiger partial charge >= 0.3 is 0 Å². The number of anilines is 1. The van der Waals surface area contributed by atoms with E-state index in [1.165, 1.54) is 5.69 Å². The van der Waals surface area contributed by atoms with Crippen LogP contribution in [0.3, 0.4) is 0 Å². The lowest BCUT2D eigenvalue weighted by Gasteiger charge is -2.39. The second-order valence-electron chi connectivity index (χ2n) is 7.63. The number of fused-ring (bicyclic) bond motifs is 1. The molecule has 2 aliphatic heterocycles. The van der Waals surface area contributed by atoms with Gasteiger partial charge in [-0.3, -0.25) is 9.69 Å². The Morgan fingerprint density at radius 3 is 2.48 bits per heavy atom. The number of amides is 1. The van der Waals surface area contributed by atoms with Crippen LogP contribution in [0.4, 0.5) is 5.69 Å². The molecule has 1 N–H and O–H groups in total. The van der Waals surface area contributed by atoms with Gasteiger partial charge in [0.15, 0.2) is 11.5 Å². The molecular formula is C23H29N3O3. The van der Waals surface area contributed by atoms with Gasteiger partial charge in [0.2, 0.25) is 0 Å². The van der Waals surface area contributed by atoms with Gasteiger partial charge in [-0.25, -0.2) is 0 Å². The maximum atomic E-state index is 12.6. The molecule has 1 saturated heterocycles. The zero-order valence-electron chi connectivity index (χ0n) is 17.0. The van der Waals surface area contributed by atoms with Crippen LogP contribution < -0.4 is 19.7 Å². The van der Waals surface area contributed by atoms with Crippen molar-refractivity contribution in [1.29, 1.82) is 0 Å². The largest absolute Gasteiger partial charge is 0.490 e. The van der Waals surface area contributed by atoms with Gasteiger partial charge in [-0.2, -0.15) is 0 Å². The number of carbonyl (C=O) groups is 1. The van der Waals surface area contributed by atoms with Crippen LogP contribution in [0.15, 0.2) is 48.5 Å². The maximum Gasteiger partial charge on any atom is 0.251 e. The molecule has 29 heavy (non-hydrogen) atoms. The molecule has 2 heterocycles. The molecule has 0 aliphatic carbocycles. The number of ether oxygens (including phenoxy) is 2. The molecule has 0 aromatic heterocycles. The van der Waals surface area contributed by atoms with Crippen LogP contribution in [0.5, 0.6) is 11.5 Å². The Balaban J connectivity index is 1.27. The molecule has 1 amide bonds. The number of hydrogen-bond acceptors (Lipinski definition) is 5. The predicted octanol–water partition coefficient (Wildman–Crippen LogP) is 2.79. The van der Waals surface area contributed by atoms with Gasteiger partial charge in [0.1, 0.15) is 0 Å². The lowest BCUT2D eigenvalue weighted by molar-refractivity contribution is 0.0934. The van der Waals surface area contributed by atoms with Crippen molar-refractivity contribution < 1.29 is 14.3 Å². The van der Waals surface area contributed by atoms with Gasteiger partial charge in [0, 0.05) is 56.4 Å². The van der Waals surface area contributed by atoms with Crippen molar-refractivity contribution in [3.63, 3.8) is 0 Å². The SMILES string of the molecule is C[C@@H](CNC(=O)c1ccc2c(c1)OCCCO2)N1CCN(c2ccccc2)CC1. The quantitative estimate of drug-likeness (QED) is 0.844. The minimum Gasteiger partial charge on any atom is -0.490 e. The van der Waals surface area contributed by atoms with E-state index in [1.54, 1.807) is 12.1 Å². The summed E-state index contributed by atoms with van der Waals surface area (Å²) in [6.07, 6.45) is 0.852. The number of piperazine rings is 1. The first-order valence-corrected chi connectivity index (χ1v) is 10.4. The third-order valence-corrected chi connectivity index (χ3v) is 5.63. The zero-order valence-corrected chi connectivity index (χ0v) is 17.0. The van der Waals surface area contributed by atoms with E-state index in [0.29, 0.717) is 36.8 Å². The average molecular weight is 396 g/mol. The monoisotopic (exact) mass is 395 g/mol. The highest BCUT2D eigenvalue weighted by atomic mass is 16.5. The summed E-state index contributed by atoms with van der Waals surface area (Å²) in [5.41, 5.74) is 1.89. The Hall–Kier alpha value is -2.73. The molecule has 0 spiro atoms. The highest BCUT2D eigenvalue weighted by Crippen LogP contribution is 2.30. The first-order valence-electron chi connectivity index (χ1n) is 10.4. The summed E-state index contributed by atoms with van der Waals surface area (Å²) in [6.45, 7) is 8.06. The molecule has 0 unspecified atom stereocenters. The Morgan fingerprint density at radius 1 is 1.00 bits per heavy atom. The molecule has 2 aliphatic rings. The number of para-hydroxylation sites is 1. The maximum absolute atomic E-state index is 12.6. The van der Waals surface area contributed by atoms with Crippen molar-refractivity contribution in [2.24, 2.45) is 0 Å². The molecule has 0 saturated carbocycles.